The Hall–Kier alpha value is -2.88. The van der Waals surface area contributed by atoms with Gasteiger partial charge in [-0.1, -0.05) is 0 Å². The lowest BCUT2D eigenvalue weighted by Crippen LogP contribution is -2.43. The molecular formula is C18H22N6O. The van der Waals surface area contributed by atoms with Gasteiger partial charge in [-0.2, -0.15) is 10.4 Å². The largest absolute Gasteiger partial charge is 0.350 e. The fraction of sp³-hybridized carbons (Fsp3) is 0.444. The van der Waals surface area contributed by atoms with Crippen molar-refractivity contribution < 1.29 is 4.79 Å². The zero-order valence-electron chi connectivity index (χ0n) is 14.6. The second-order valence-corrected chi connectivity index (χ2v) is 6.50. The van der Waals surface area contributed by atoms with Crippen LogP contribution in [0.25, 0.3) is 0 Å². The van der Waals surface area contributed by atoms with Gasteiger partial charge in [0.15, 0.2) is 0 Å². The third-order valence-electron chi connectivity index (χ3n) is 4.50. The van der Waals surface area contributed by atoms with Crippen molar-refractivity contribution in [3.8, 4) is 6.07 Å². The summed E-state index contributed by atoms with van der Waals surface area (Å²) in [6.45, 7) is 3.81. The molecule has 0 saturated carbocycles. The molecule has 130 valence electrons. The summed E-state index contributed by atoms with van der Waals surface area (Å²) in [6.07, 6.45) is 7.40. The number of carbonyl (C=O) groups excluding carboxylic acids is 1. The number of hydrogen-bond acceptors (Lipinski definition) is 5. The molecule has 1 amide bonds. The Kier molecular flexibility index (Phi) is 4.98. The van der Waals surface area contributed by atoms with E-state index in [0.717, 1.165) is 31.5 Å². The zero-order chi connectivity index (χ0) is 17.8. The number of aryl methyl sites for hydroxylation is 1. The van der Waals surface area contributed by atoms with Gasteiger partial charge in [0.2, 0.25) is 5.91 Å². The summed E-state index contributed by atoms with van der Waals surface area (Å²) in [5.41, 5.74) is 1.64. The number of anilines is 1. The number of aromatic nitrogens is 3. The van der Waals surface area contributed by atoms with Crippen molar-refractivity contribution in [1.82, 2.24) is 19.7 Å². The van der Waals surface area contributed by atoms with Crippen molar-refractivity contribution in [2.75, 3.05) is 25.0 Å². The van der Waals surface area contributed by atoms with E-state index >= 15 is 0 Å². The van der Waals surface area contributed by atoms with Crippen molar-refractivity contribution in [3.63, 3.8) is 0 Å². The number of pyridine rings is 1. The standard InChI is InChI=1S/C18H22N6O/c1-14-9-21-23(11-14)12-16-4-3-7-24(16)18(25)13-22(2)17-6-5-15(8-19)10-20-17/h5-6,9-11,16H,3-4,7,12-13H2,1-2H3/t16-/m1/s1. The quantitative estimate of drug-likeness (QED) is 0.827. The van der Waals surface area contributed by atoms with Gasteiger partial charge in [0.05, 0.1) is 30.9 Å². The van der Waals surface area contributed by atoms with Crippen molar-refractivity contribution in [1.29, 1.82) is 5.26 Å². The van der Waals surface area contributed by atoms with Crippen LogP contribution in [0, 0.1) is 18.3 Å². The number of amides is 1. The first kappa shape index (κ1) is 17.0. The van der Waals surface area contributed by atoms with E-state index in [9.17, 15) is 4.79 Å². The van der Waals surface area contributed by atoms with Gasteiger partial charge in [-0.25, -0.2) is 4.98 Å². The molecule has 7 heteroatoms. The summed E-state index contributed by atoms with van der Waals surface area (Å²) in [5.74, 6) is 0.783. The number of likely N-dealkylation sites (tertiary alicyclic amines) is 1. The summed E-state index contributed by atoms with van der Waals surface area (Å²) >= 11 is 0. The summed E-state index contributed by atoms with van der Waals surface area (Å²) in [4.78, 5) is 20.7. The van der Waals surface area contributed by atoms with Crippen LogP contribution in [0.3, 0.4) is 0 Å². The van der Waals surface area contributed by atoms with Crippen molar-refractivity contribution in [2.24, 2.45) is 0 Å². The Bertz CT molecular complexity index is 776. The number of likely N-dealkylation sites (N-methyl/N-ethyl adjacent to an activating group) is 1. The highest BCUT2D eigenvalue weighted by atomic mass is 16.2. The summed E-state index contributed by atoms with van der Waals surface area (Å²) in [7, 11) is 1.84. The number of carbonyl (C=O) groups is 1. The second-order valence-electron chi connectivity index (χ2n) is 6.50. The molecular weight excluding hydrogens is 316 g/mol. The third-order valence-corrected chi connectivity index (χ3v) is 4.50. The van der Waals surface area contributed by atoms with Gasteiger partial charge in [-0.3, -0.25) is 9.48 Å². The maximum atomic E-state index is 12.7. The monoisotopic (exact) mass is 338 g/mol. The lowest BCUT2D eigenvalue weighted by atomic mass is 10.2. The van der Waals surface area contributed by atoms with Crippen LogP contribution in [0.15, 0.2) is 30.7 Å². The van der Waals surface area contributed by atoms with Crippen molar-refractivity contribution >= 4 is 11.7 Å². The van der Waals surface area contributed by atoms with Gasteiger partial charge in [0.25, 0.3) is 0 Å². The highest BCUT2D eigenvalue weighted by molar-refractivity contribution is 5.81. The molecule has 1 saturated heterocycles. The molecule has 25 heavy (non-hydrogen) atoms. The highest BCUT2D eigenvalue weighted by Gasteiger charge is 2.29. The molecule has 7 nitrogen and oxygen atoms in total. The Morgan fingerprint density at radius 3 is 2.92 bits per heavy atom. The molecule has 0 spiro atoms. The van der Waals surface area contributed by atoms with Crippen LogP contribution in [-0.2, 0) is 11.3 Å². The van der Waals surface area contributed by atoms with Crippen molar-refractivity contribution in [3.05, 3.63) is 41.9 Å². The Labute approximate surface area is 147 Å². The first-order valence-electron chi connectivity index (χ1n) is 8.42. The van der Waals surface area contributed by atoms with Gasteiger partial charge >= 0.3 is 0 Å². The van der Waals surface area contributed by atoms with Crippen LogP contribution in [0.4, 0.5) is 5.82 Å². The molecule has 0 N–H and O–H groups in total. The number of hydrogen-bond donors (Lipinski definition) is 0. The van der Waals surface area contributed by atoms with E-state index in [0.29, 0.717) is 11.4 Å². The molecule has 3 heterocycles. The van der Waals surface area contributed by atoms with Gasteiger partial charge in [-0.05, 0) is 37.5 Å². The highest BCUT2D eigenvalue weighted by Crippen LogP contribution is 2.20. The molecule has 2 aromatic rings. The van der Waals surface area contributed by atoms with E-state index in [1.54, 1.807) is 12.1 Å². The number of nitriles is 1. The first-order valence-corrected chi connectivity index (χ1v) is 8.42. The van der Waals surface area contributed by atoms with Crippen LogP contribution in [0.2, 0.25) is 0 Å². The van der Waals surface area contributed by atoms with Crippen LogP contribution >= 0.6 is 0 Å². The number of rotatable bonds is 5. The lowest BCUT2D eigenvalue weighted by Gasteiger charge is -2.27. The third kappa shape index (κ3) is 3.97. The van der Waals surface area contributed by atoms with Crippen LogP contribution in [0.5, 0.6) is 0 Å². The maximum absolute atomic E-state index is 12.7. The second kappa shape index (κ2) is 7.34. The summed E-state index contributed by atoms with van der Waals surface area (Å²) in [6, 6.07) is 5.71. The molecule has 1 fully saturated rings. The molecule has 3 rings (SSSR count). The summed E-state index contributed by atoms with van der Waals surface area (Å²) < 4.78 is 1.91. The van der Waals surface area contributed by atoms with Gasteiger partial charge in [-0.15, -0.1) is 0 Å². The average molecular weight is 338 g/mol. The minimum absolute atomic E-state index is 0.0973. The minimum atomic E-state index is 0.0973. The zero-order valence-corrected chi connectivity index (χ0v) is 14.6. The predicted octanol–water partition coefficient (Wildman–Crippen LogP) is 1.59. The number of nitrogens with zero attached hydrogens (tertiary/aromatic N) is 6. The maximum Gasteiger partial charge on any atom is 0.242 e. The van der Waals surface area contributed by atoms with Crippen LogP contribution < -0.4 is 4.90 Å². The van der Waals surface area contributed by atoms with E-state index in [-0.39, 0.29) is 18.5 Å². The Morgan fingerprint density at radius 2 is 2.28 bits per heavy atom. The Morgan fingerprint density at radius 1 is 1.44 bits per heavy atom. The predicted molar refractivity (Wildman–Crippen MR) is 93.9 cm³/mol. The first-order chi connectivity index (χ1) is 12.1. The molecule has 1 aliphatic heterocycles. The topological polar surface area (TPSA) is 78.0 Å². The van der Waals surface area contributed by atoms with Crippen molar-refractivity contribution in [2.45, 2.75) is 32.4 Å². The average Bonchev–Trinajstić information content (AvgIpc) is 3.24. The molecule has 1 atom stereocenters. The SMILES string of the molecule is Cc1cnn(C[C@H]2CCCN2C(=O)CN(C)c2ccc(C#N)cn2)c1. The molecule has 0 radical (unpaired) electrons. The van der Waals surface area contributed by atoms with Gasteiger partial charge in [0.1, 0.15) is 11.9 Å². The fourth-order valence-electron chi connectivity index (χ4n) is 3.19. The smallest absolute Gasteiger partial charge is 0.242 e. The molecule has 0 aliphatic carbocycles. The molecule has 2 aromatic heterocycles. The van der Waals surface area contributed by atoms with E-state index in [4.69, 9.17) is 5.26 Å². The summed E-state index contributed by atoms with van der Waals surface area (Å²) in [5, 5.41) is 13.2. The molecule has 1 aliphatic rings. The van der Waals surface area contributed by atoms with E-state index in [1.807, 2.05) is 46.9 Å². The normalized spacial score (nSPS) is 16.7. The molecule has 0 aromatic carbocycles. The molecule has 0 unspecified atom stereocenters. The van der Waals surface area contributed by atoms with Crippen LogP contribution in [0.1, 0.15) is 24.0 Å². The van der Waals surface area contributed by atoms with E-state index < -0.39 is 0 Å². The fourth-order valence-corrected chi connectivity index (χ4v) is 3.19. The van der Waals surface area contributed by atoms with E-state index in [2.05, 4.69) is 10.1 Å². The minimum Gasteiger partial charge on any atom is -0.350 e. The van der Waals surface area contributed by atoms with Crippen LogP contribution in [-0.4, -0.2) is 51.8 Å². The lowest BCUT2D eigenvalue weighted by molar-refractivity contribution is -0.130. The van der Waals surface area contributed by atoms with Gasteiger partial charge < -0.3 is 9.80 Å². The molecule has 0 bridgehead atoms. The Balaban J connectivity index is 1.61. The van der Waals surface area contributed by atoms with E-state index in [1.165, 1.54) is 6.20 Å². The van der Waals surface area contributed by atoms with Gasteiger partial charge in [0, 0.05) is 26.0 Å².